The highest BCUT2D eigenvalue weighted by molar-refractivity contribution is 7.25. The second-order valence-electron chi connectivity index (χ2n) is 16.3. The van der Waals surface area contributed by atoms with Gasteiger partial charge >= 0.3 is 0 Å². The van der Waals surface area contributed by atoms with E-state index in [1.807, 2.05) is 37.3 Å². The van der Waals surface area contributed by atoms with Gasteiger partial charge in [0.15, 0.2) is 11.6 Å². The maximum Gasteiger partial charge on any atom is 0.238 e. The first-order chi connectivity index (χ1) is 32.7. The van der Waals surface area contributed by atoms with E-state index < -0.39 is 0 Å². The zero-order chi connectivity index (χ0) is 44.1. The molecule has 4 nitrogen and oxygen atoms in total. The molecule has 0 spiro atoms. The average molecular weight is 863 g/mol. The summed E-state index contributed by atoms with van der Waals surface area (Å²) in [7, 11) is 0. The van der Waals surface area contributed by atoms with Crippen molar-refractivity contribution in [1.29, 1.82) is 0 Å². The number of hydrogen-bond acceptors (Lipinski definition) is 4. The first kappa shape index (κ1) is 39.3. The topological polar surface area (TPSA) is 43.6 Å². The largest absolute Gasteiger partial charge is 0.277 e. The van der Waals surface area contributed by atoms with E-state index in [1.165, 1.54) is 41.7 Å². The SMILES string of the molecule is CC.c1ccc(-c2ccc(-c3nc(-c4ccc(-c5ccccc5)cc4)nc(-n4c5c(-c6ccc7sc8ccccc8c7c6)cccc5c5c6ccccc6c6ccccc6c54)n3)cc2)cc1. The lowest BCUT2D eigenvalue weighted by molar-refractivity contribution is 0.955. The highest BCUT2D eigenvalue weighted by atomic mass is 32.1. The number of thiophene rings is 1. The standard InChI is InChI=1S/C59H36N4S.C2H6/c1-3-14-37(15-4-1)39-26-30-41(31-27-39)57-60-58(42-32-28-40(29-33-42)38-16-5-2-6-17-38)62-59(61-57)63-55-44(43-34-35-53-51(36-43)47-20-11-12-25-52(47)64-53)23-13-24-50(55)54-48-21-9-7-18-45(48)46-19-8-10-22-49(46)56(54)63;1-2/h1-36H;1-2H3. The lowest BCUT2D eigenvalue weighted by atomic mass is 9.95. The molecule has 3 heterocycles. The number of benzene rings is 10. The fourth-order valence-electron chi connectivity index (χ4n) is 9.66. The maximum atomic E-state index is 5.49. The molecule has 0 saturated heterocycles. The third kappa shape index (κ3) is 6.55. The van der Waals surface area contributed by atoms with E-state index in [4.69, 9.17) is 15.0 Å². The molecular formula is C61H42N4S. The van der Waals surface area contributed by atoms with Crippen molar-refractivity contribution in [2.24, 2.45) is 0 Å². The van der Waals surface area contributed by atoms with Gasteiger partial charge in [0.25, 0.3) is 0 Å². The quantitative estimate of drug-likeness (QED) is 0.156. The van der Waals surface area contributed by atoms with Crippen LogP contribution in [0.1, 0.15) is 13.8 Å². The minimum absolute atomic E-state index is 0.564. The van der Waals surface area contributed by atoms with Crippen molar-refractivity contribution in [2.45, 2.75) is 13.8 Å². The van der Waals surface area contributed by atoms with Gasteiger partial charge in [-0.15, -0.1) is 11.3 Å². The fourth-order valence-corrected chi connectivity index (χ4v) is 10.7. The van der Waals surface area contributed by atoms with Gasteiger partial charge in [-0.1, -0.05) is 214 Å². The third-order valence-corrected chi connectivity index (χ3v) is 13.8. The monoisotopic (exact) mass is 862 g/mol. The fraction of sp³-hybridized carbons (Fsp3) is 0.0328. The van der Waals surface area contributed by atoms with E-state index in [0.717, 1.165) is 66.3 Å². The Morgan fingerprint density at radius 1 is 0.318 bits per heavy atom. The maximum absolute atomic E-state index is 5.49. The van der Waals surface area contributed by atoms with Crippen LogP contribution in [0, 0.1) is 0 Å². The van der Waals surface area contributed by atoms with Crippen LogP contribution in [0.5, 0.6) is 0 Å². The lowest BCUT2D eigenvalue weighted by Crippen LogP contribution is -2.07. The summed E-state index contributed by atoms with van der Waals surface area (Å²) in [4.78, 5) is 16.2. The van der Waals surface area contributed by atoms with Crippen LogP contribution in [-0.2, 0) is 0 Å². The molecule has 0 N–H and O–H groups in total. The molecule has 312 valence electrons. The molecule has 5 heteroatoms. The van der Waals surface area contributed by atoms with Crippen LogP contribution in [-0.4, -0.2) is 19.5 Å². The lowest BCUT2D eigenvalue weighted by Gasteiger charge is -2.15. The molecule has 0 unspecified atom stereocenters. The first-order valence-corrected chi connectivity index (χ1v) is 23.4. The molecule has 3 aromatic heterocycles. The predicted molar refractivity (Wildman–Crippen MR) is 281 cm³/mol. The molecule has 13 aromatic rings. The van der Waals surface area contributed by atoms with Crippen molar-refractivity contribution in [2.75, 3.05) is 0 Å². The minimum atomic E-state index is 0.564. The zero-order valence-corrected chi connectivity index (χ0v) is 37.3. The van der Waals surface area contributed by atoms with Crippen LogP contribution < -0.4 is 0 Å². The number of fused-ring (bicyclic) bond motifs is 11. The average Bonchev–Trinajstić information content (AvgIpc) is 3.96. The second kappa shape index (κ2) is 16.4. The van der Waals surface area contributed by atoms with Gasteiger partial charge in [0, 0.05) is 53.0 Å². The molecule has 0 fully saturated rings. The second-order valence-corrected chi connectivity index (χ2v) is 17.4. The van der Waals surface area contributed by atoms with Gasteiger partial charge in [0.05, 0.1) is 11.0 Å². The highest BCUT2D eigenvalue weighted by Gasteiger charge is 2.24. The molecule has 0 aliphatic rings. The molecule has 0 bridgehead atoms. The van der Waals surface area contributed by atoms with Gasteiger partial charge in [0.2, 0.25) is 5.95 Å². The zero-order valence-electron chi connectivity index (χ0n) is 36.5. The smallest absolute Gasteiger partial charge is 0.238 e. The number of rotatable bonds is 6. The van der Waals surface area contributed by atoms with Crippen LogP contribution >= 0.6 is 11.3 Å². The summed E-state index contributed by atoms with van der Waals surface area (Å²) in [6, 6.07) is 78.0. The van der Waals surface area contributed by atoms with Gasteiger partial charge < -0.3 is 0 Å². The van der Waals surface area contributed by atoms with Crippen LogP contribution in [0.2, 0.25) is 0 Å². The molecule has 0 saturated carbocycles. The van der Waals surface area contributed by atoms with Gasteiger partial charge in [-0.25, -0.2) is 4.98 Å². The van der Waals surface area contributed by atoms with E-state index >= 15 is 0 Å². The molecule has 10 aromatic carbocycles. The molecule has 0 aliphatic carbocycles. The Bertz CT molecular complexity index is 3830. The van der Waals surface area contributed by atoms with E-state index in [-0.39, 0.29) is 0 Å². The Balaban J connectivity index is 0.00000225. The number of aromatic nitrogens is 4. The van der Waals surface area contributed by atoms with Crippen LogP contribution in [0.4, 0.5) is 0 Å². The normalized spacial score (nSPS) is 11.5. The summed E-state index contributed by atoms with van der Waals surface area (Å²) in [5, 5.41) is 9.59. The van der Waals surface area contributed by atoms with Gasteiger partial charge in [0.1, 0.15) is 0 Å². The van der Waals surface area contributed by atoms with Crippen LogP contribution in [0.3, 0.4) is 0 Å². The van der Waals surface area contributed by atoms with Crippen molar-refractivity contribution < 1.29 is 0 Å². The van der Waals surface area contributed by atoms with Crippen LogP contribution in [0.25, 0.3) is 126 Å². The highest BCUT2D eigenvalue weighted by Crippen LogP contribution is 2.46. The first-order valence-electron chi connectivity index (χ1n) is 22.6. The summed E-state index contributed by atoms with van der Waals surface area (Å²) in [5.74, 6) is 1.78. The molecule has 0 atom stereocenters. The van der Waals surface area contributed by atoms with Gasteiger partial charge in [-0.05, 0) is 62.2 Å². The third-order valence-electron chi connectivity index (χ3n) is 12.7. The summed E-state index contributed by atoms with van der Waals surface area (Å²) in [6.07, 6.45) is 0. The molecule has 66 heavy (non-hydrogen) atoms. The Labute approximate surface area is 386 Å². The van der Waals surface area contributed by atoms with Gasteiger partial charge in [-0.2, -0.15) is 9.97 Å². The van der Waals surface area contributed by atoms with E-state index in [9.17, 15) is 0 Å². The van der Waals surface area contributed by atoms with Crippen molar-refractivity contribution in [3.05, 3.63) is 218 Å². The Morgan fingerprint density at radius 2 is 0.773 bits per heavy atom. The summed E-state index contributed by atoms with van der Waals surface area (Å²) in [6.45, 7) is 4.00. The Morgan fingerprint density at radius 3 is 1.39 bits per heavy atom. The van der Waals surface area contributed by atoms with E-state index in [0.29, 0.717) is 17.6 Å². The van der Waals surface area contributed by atoms with Crippen molar-refractivity contribution >= 4 is 74.9 Å². The minimum Gasteiger partial charge on any atom is -0.277 e. The summed E-state index contributed by atoms with van der Waals surface area (Å²) in [5.41, 5.74) is 10.8. The molecule has 0 amide bonds. The summed E-state index contributed by atoms with van der Waals surface area (Å²) < 4.78 is 4.90. The number of para-hydroxylation sites is 1. The van der Waals surface area contributed by atoms with Crippen molar-refractivity contribution in [1.82, 2.24) is 19.5 Å². The summed E-state index contributed by atoms with van der Waals surface area (Å²) >= 11 is 1.84. The van der Waals surface area contributed by atoms with E-state index in [1.54, 1.807) is 0 Å². The van der Waals surface area contributed by atoms with Crippen LogP contribution in [0.15, 0.2) is 218 Å². The Hall–Kier alpha value is -8.25. The van der Waals surface area contributed by atoms with Crippen molar-refractivity contribution in [3.8, 4) is 62.1 Å². The number of nitrogens with zero attached hydrogens (tertiary/aromatic N) is 4. The molecule has 0 aliphatic heterocycles. The molecule has 13 rings (SSSR count). The predicted octanol–water partition coefficient (Wildman–Crippen LogP) is 17.0. The van der Waals surface area contributed by atoms with Gasteiger partial charge in [-0.3, -0.25) is 4.57 Å². The van der Waals surface area contributed by atoms with E-state index in [2.05, 4.69) is 211 Å². The number of hydrogen-bond donors (Lipinski definition) is 0. The molecule has 0 radical (unpaired) electrons. The Kier molecular flexibility index (Phi) is 9.77. The molecular weight excluding hydrogens is 821 g/mol. The van der Waals surface area contributed by atoms with Crippen molar-refractivity contribution in [3.63, 3.8) is 0 Å².